The molecule has 2 aromatic rings. The van der Waals surface area contributed by atoms with E-state index in [1.54, 1.807) is 0 Å². The predicted molar refractivity (Wildman–Crippen MR) is 84.3 cm³/mol. The molecule has 0 unspecified atom stereocenters. The van der Waals surface area contributed by atoms with Gasteiger partial charge in [-0.15, -0.1) is 0 Å². The van der Waals surface area contributed by atoms with Gasteiger partial charge < -0.3 is 15.3 Å². The van der Waals surface area contributed by atoms with E-state index in [-0.39, 0.29) is 5.04 Å². The topological polar surface area (TPSA) is 65.6 Å². The fourth-order valence-corrected chi connectivity index (χ4v) is 2.70. The van der Waals surface area contributed by atoms with E-state index in [0.717, 1.165) is 16.9 Å². The Labute approximate surface area is 115 Å². The van der Waals surface area contributed by atoms with Crippen LogP contribution in [0.2, 0.25) is 18.1 Å². The third-order valence-corrected chi connectivity index (χ3v) is 8.55. The van der Waals surface area contributed by atoms with Crippen molar-refractivity contribution in [3.63, 3.8) is 0 Å². The van der Waals surface area contributed by atoms with E-state index in [4.69, 9.17) is 0 Å². The van der Waals surface area contributed by atoms with Gasteiger partial charge >= 0.3 is 0 Å². The molecule has 0 saturated heterocycles. The van der Waals surface area contributed by atoms with Crippen LogP contribution in [0.5, 0.6) is 0 Å². The monoisotopic (exact) mass is 277 g/mol. The number of H-pyrrole nitrogens is 1. The molecule has 104 valence electrons. The summed E-state index contributed by atoms with van der Waals surface area (Å²) >= 11 is 0. The molecule has 0 fully saturated rings. The van der Waals surface area contributed by atoms with Crippen molar-refractivity contribution in [2.75, 3.05) is 17.3 Å². The average Bonchev–Trinajstić information content (AvgIpc) is 2.73. The molecule has 19 heavy (non-hydrogen) atoms. The highest BCUT2D eigenvalue weighted by atomic mass is 28.3. The van der Waals surface area contributed by atoms with Crippen molar-refractivity contribution in [1.82, 2.24) is 15.0 Å². The molecule has 2 rings (SSSR count). The van der Waals surface area contributed by atoms with Gasteiger partial charge in [-0.25, -0.2) is 0 Å². The molecule has 0 bridgehead atoms. The van der Waals surface area contributed by atoms with Crippen LogP contribution in [0.1, 0.15) is 20.8 Å². The Hall–Kier alpha value is -1.56. The highest BCUT2D eigenvalue weighted by Gasteiger charge is 2.36. The zero-order chi connectivity index (χ0) is 14.3. The van der Waals surface area contributed by atoms with E-state index in [2.05, 4.69) is 59.1 Å². The number of nitrogens with one attached hydrogen (secondary N) is 3. The number of anilines is 2. The van der Waals surface area contributed by atoms with E-state index in [1.807, 2.05) is 19.3 Å². The summed E-state index contributed by atoms with van der Waals surface area (Å²) in [6.45, 7) is 11.4. The second-order valence-electron chi connectivity index (χ2n) is 6.39. The Kier molecular flexibility index (Phi) is 3.30. The normalized spacial score (nSPS) is 12.7. The number of aromatic nitrogens is 3. The van der Waals surface area contributed by atoms with Crippen molar-refractivity contribution in [3.05, 3.63) is 12.3 Å². The molecule has 0 aliphatic rings. The van der Waals surface area contributed by atoms with Crippen LogP contribution in [-0.4, -0.2) is 30.2 Å². The molecular weight excluding hydrogens is 254 g/mol. The number of aromatic amines is 1. The maximum absolute atomic E-state index is 4.57. The molecule has 2 heterocycles. The minimum atomic E-state index is -1.67. The van der Waals surface area contributed by atoms with Gasteiger partial charge in [-0.1, -0.05) is 33.9 Å². The molecule has 0 radical (unpaired) electrons. The Morgan fingerprint density at radius 1 is 1.21 bits per heavy atom. The van der Waals surface area contributed by atoms with Gasteiger partial charge in [0.15, 0.2) is 8.24 Å². The number of hydrogen-bond donors (Lipinski definition) is 3. The first kappa shape index (κ1) is 13.9. The van der Waals surface area contributed by atoms with Crippen molar-refractivity contribution < 1.29 is 0 Å². The van der Waals surface area contributed by atoms with Crippen LogP contribution in [0, 0.1) is 0 Å². The largest absolute Gasteiger partial charge is 0.380 e. The van der Waals surface area contributed by atoms with E-state index in [9.17, 15) is 0 Å². The Balaban J connectivity index is 2.41. The van der Waals surface area contributed by atoms with Crippen molar-refractivity contribution in [2.45, 2.75) is 38.9 Å². The van der Waals surface area contributed by atoms with Crippen molar-refractivity contribution in [2.24, 2.45) is 0 Å². The van der Waals surface area contributed by atoms with Gasteiger partial charge in [-0.2, -0.15) is 9.97 Å². The Bertz CT molecular complexity index is 582. The summed E-state index contributed by atoms with van der Waals surface area (Å²) in [7, 11) is 0.215. The molecule has 0 atom stereocenters. The van der Waals surface area contributed by atoms with Crippen molar-refractivity contribution >= 4 is 31.0 Å². The lowest BCUT2D eigenvalue weighted by atomic mass is 10.2. The van der Waals surface area contributed by atoms with E-state index in [1.165, 1.54) is 0 Å². The summed E-state index contributed by atoms with van der Waals surface area (Å²) in [5.74, 6) is 1.55. The van der Waals surface area contributed by atoms with Gasteiger partial charge in [0.25, 0.3) is 0 Å². The molecule has 3 N–H and O–H groups in total. The van der Waals surface area contributed by atoms with Crippen LogP contribution in [0.4, 0.5) is 11.8 Å². The van der Waals surface area contributed by atoms with Crippen LogP contribution in [0.3, 0.4) is 0 Å². The molecule has 6 heteroatoms. The molecular formula is C13H23N5Si. The zero-order valence-electron chi connectivity index (χ0n) is 12.5. The fourth-order valence-electron chi connectivity index (χ4n) is 1.65. The van der Waals surface area contributed by atoms with E-state index < -0.39 is 8.24 Å². The van der Waals surface area contributed by atoms with Crippen LogP contribution in [0.15, 0.2) is 12.3 Å². The summed E-state index contributed by atoms with van der Waals surface area (Å²) in [4.78, 5) is 15.8. The van der Waals surface area contributed by atoms with E-state index >= 15 is 0 Å². The summed E-state index contributed by atoms with van der Waals surface area (Å²) in [6.07, 6.45) is 1.89. The summed E-state index contributed by atoms with van der Waals surface area (Å²) in [6, 6.07) is 1.98. The highest BCUT2D eigenvalue weighted by molar-refractivity contribution is 6.82. The summed E-state index contributed by atoms with van der Waals surface area (Å²) < 4.78 is 0. The number of fused-ring (bicyclic) bond motifs is 1. The standard InChI is InChI=1S/C13H23N5Si/c1-13(2,3)19(5,6)18-12-16-10(14-4)9-7-8-15-11(9)17-12/h7-8H,1-6H3,(H3,14,15,16,17,18). The number of nitrogens with zero attached hydrogens (tertiary/aromatic N) is 2. The van der Waals surface area contributed by atoms with Gasteiger partial charge in [-0.05, 0) is 11.1 Å². The number of rotatable bonds is 3. The highest BCUT2D eigenvalue weighted by Crippen LogP contribution is 2.36. The lowest BCUT2D eigenvalue weighted by molar-refractivity contribution is 0.722. The quantitative estimate of drug-likeness (QED) is 0.752. The fraction of sp³-hybridized carbons (Fsp3) is 0.538. The minimum Gasteiger partial charge on any atom is -0.380 e. The van der Waals surface area contributed by atoms with E-state index in [0.29, 0.717) is 5.95 Å². The maximum atomic E-state index is 4.57. The molecule has 5 nitrogen and oxygen atoms in total. The summed E-state index contributed by atoms with van der Waals surface area (Å²) in [5.41, 5.74) is 0.862. The van der Waals surface area contributed by atoms with Gasteiger partial charge in [0.05, 0.1) is 5.39 Å². The Morgan fingerprint density at radius 2 is 1.89 bits per heavy atom. The average molecular weight is 277 g/mol. The minimum absolute atomic E-state index is 0.237. The maximum Gasteiger partial charge on any atom is 0.218 e. The van der Waals surface area contributed by atoms with Gasteiger partial charge in [-0.3, -0.25) is 0 Å². The first-order valence-corrected chi connectivity index (χ1v) is 9.56. The molecule has 2 aromatic heterocycles. The second-order valence-corrected chi connectivity index (χ2v) is 11.4. The van der Waals surface area contributed by atoms with Crippen LogP contribution in [0.25, 0.3) is 11.0 Å². The van der Waals surface area contributed by atoms with Crippen molar-refractivity contribution in [1.29, 1.82) is 0 Å². The molecule has 0 saturated carbocycles. The van der Waals surface area contributed by atoms with Crippen LogP contribution < -0.4 is 10.3 Å². The first-order chi connectivity index (χ1) is 8.74. The summed E-state index contributed by atoms with van der Waals surface area (Å²) in [5, 5.41) is 4.38. The third-order valence-electron chi connectivity index (χ3n) is 3.95. The molecule has 0 amide bonds. The van der Waals surface area contributed by atoms with Crippen LogP contribution in [-0.2, 0) is 0 Å². The lowest BCUT2D eigenvalue weighted by Gasteiger charge is -2.37. The SMILES string of the molecule is CNc1nc(N[Si](C)(C)C(C)(C)C)nc2[nH]ccc12. The number of hydrogen-bond acceptors (Lipinski definition) is 4. The second kappa shape index (κ2) is 4.52. The predicted octanol–water partition coefficient (Wildman–Crippen LogP) is 3.42. The molecule has 0 aromatic carbocycles. The first-order valence-electron chi connectivity index (χ1n) is 6.56. The third kappa shape index (κ3) is 2.58. The van der Waals surface area contributed by atoms with Crippen LogP contribution >= 0.6 is 0 Å². The zero-order valence-corrected chi connectivity index (χ0v) is 13.5. The molecule has 0 aliphatic carbocycles. The van der Waals surface area contributed by atoms with Crippen molar-refractivity contribution in [3.8, 4) is 0 Å². The van der Waals surface area contributed by atoms with Gasteiger partial charge in [0.2, 0.25) is 5.95 Å². The smallest absolute Gasteiger partial charge is 0.218 e. The Morgan fingerprint density at radius 3 is 2.47 bits per heavy atom. The molecule has 0 aliphatic heterocycles. The van der Waals surface area contributed by atoms with Gasteiger partial charge in [0, 0.05) is 13.2 Å². The van der Waals surface area contributed by atoms with Gasteiger partial charge in [0.1, 0.15) is 11.5 Å². The molecule has 0 spiro atoms. The lowest BCUT2D eigenvalue weighted by Crippen LogP contribution is -2.46.